The lowest BCUT2D eigenvalue weighted by Crippen LogP contribution is -2.38. The highest BCUT2D eigenvalue weighted by Gasteiger charge is 2.33. The summed E-state index contributed by atoms with van der Waals surface area (Å²) in [7, 11) is 0. The van der Waals surface area contributed by atoms with Crippen LogP contribution in [0.2, 0.25) is 0 Å². The maximum Gasteiger partial charge on any atom is 0.309 e. The third-order valence-electron chi connectivity index (χ3n) is 2.95. The van der Waals surface area contributed by atoms with E-state index in [1.165, 1.54) is 0 Å². The van der Waals surface area contributed by atoms with E-state index in [0.29, 0.717) is 12.0 Å². The molecule has 0 aromatic heterocycles. The molecule has 0 fully saturated rings. The number of ether oxygens (including phenoxy) is 1. The highest BCUT2D eigenvalue weighted by Crippen LogP contribution is 2.19. The molecule has 0 spiro atoms. The maximum absolute atomic E-state index is 12.2. The number of carbonyl (C=O) groups is 2. The summed E-state index contributed by atoms with van der Waals surface area (Å²) in [6.07, 6.45) is 0.703. The average molecular weight is 248 g/mol. The second-order valence-electron chi connectivity index (χ2n) is 4.94. The van der Waals surface area contributed by atoms with E-state index < -0.39 is 5.60 Å². The molecule has 98 valence electrons. The zero-order chi connectivity index (χ0) is 13.8. The van der Waals surface area contributed by atoms with Gasteiger partial charge in [0.15, 0.2) is 5.60 Å². The molecule has 3 heteroatoms. The van der Waals surface area contributed by atoms with E-state index in [1.807, 2.05) is 13.0 Å². The molecule has 0 aliphatic carbocycles. The van der Waals surface area contributed by atoms with Gasteiger partial charge < -0.3 is 4.74 Å². The molecule has 18 heavy (non-hydrogen) atoms. The summed E-state index contributed by atoms with van der Waals surface area (Å²) in [4.78, 5) is 24.0. The van der Waals surface area contributed by atoms with Crippen molar-refractivity contribution >= 4 is 11.8 Å². The zero-order valence-corrected chi connectivity index (χ0v) is 11.4. The van der Waals surface area contributed by atoms with Gasteiger partial charge in [0.2, 0.25) is 5.78 Å². The summed E-state index contributed by atoms with van der Waals surface area (Å²) < 4.78 is 5.32. The summed E-state index contributed by atoms with van der Waals surface area (Å²) in [5.41, 5.74) is -0.568. The van der Waals surface area contributed by atoms with Crippen LogP contribution < -0.4 is 0 Å². The molecular formula is C15H20O3. The molecule has 1 aromatic rings. The number of hydrogen-bond acceptors (Lipinski definition) is 3. The molecular weight excluding hydrogens is 228 g/mol. The summed E-state index contributed by atoms with van der Waals surface area (Å²) in [5, 5.41) is 0. The fraction of sp³-hybridized carbons (Fsp3) is 0.467. The molecule has 1 aromatic carbocycles. The van der Waals surface area contributed by atoms with Gasteiger partial charge >= 0.3 is 5.97 Å². The molecule has 0 saturated carbocycles. The minimum atomic E-state index is -1.12. The van der Waals surface area contributed by atoms with Crippen LogP contribution in [0.4, 0.5) is 0 Å². The molecule has 0 saturated heterocycles. The van der Waals surface area contributed by atoms with Crippen LogP contribution >= 0.6 is 0 Å². The first-order valence-corrected chi connectivity index (χ1v) is 6.21. The Bertz CT molecular complexity index is 421. The van der Waals surface area contributed by atoms with Crippen LogP contribution in [0, 0.1) is 5.92 Å². The molecule has 0 amide bonds. The van der Waals surface area contributed by atoms with E-state index in [2.05, 4.69) is 0 Å². The van der Waals surface area contributed by atoms with Crippen LogP contribution in [0.3, 0.4) is 0 Å². The quantitative estimate of drug-likeness (QED) is 0.593. The minimum Gasteiger partial charge on any atom is -0.451 e. The minimum absolute atomic E-state index is 0.181. The fourth-order valence-electron chi connectivity index (χ4n) is 1.50. The third kappa shape index (κ3) is 3.42. The van der Waals surface area contributed by atoms with Crippen molar-refractivity contribution in [3.63, 3.8) is 0 Å². The molecule has 0 aliphatic heterocycles. The van der Waals surface area contributed by atoms with Crippen molar-refractivity contribution in [2.75, 3.05) is 0 Å². The molecule has 1 atom stereocenters. The molecule has 0 radical (unpaired) electrons. The third-order valence-corrected chi connectivity index (χ3v) is 2.95. The zero-order valence-electron chi connectivity index (χ0n) is 11.4. The van der Waals surface area contributed by atoms with Gasteiger partial charge in [-0.25, -0.2) is 0 Å². The number of carbonyl (C=O) groups excluding carboxylic acids is 2. The van der Waals surface area contributed by atoms with Gasteiger partial charge in [-0.15, -0.1) is 0 Å². The largest absolute Gasteiger partial charge is 0.451 e. The van der Waals surface area contributed by atoms with E-state index >= 15 is 0 Å². The van der Waals surface area contributed by atoms with Gasteiger partial charge in [-0.1, -0.05) is 44.2 Å². The highest BCUT2D eigenvalue weighted by atomic mass is 16.6. The molecule has 3 nitrogen and oxygen atoms in total. The standard InChI is InChI=1S/C15H20O3/c1-5-11(2)14(17)18-15(3,4)13(16)12-9-7-6-8-10-12/h6-11H,5H2,1-4H3. The summed E-state index contributed by atoms with van der Waals surface area (Å²) in [6.45, 7) is 6.97. The van der Waals surface area contributed by atoms with E-state index in [9.17, 15) is 9.59 Å². The van der Waals surface area contributed by atoms with Gasteiger partial charge in [0.05, 0.1) is 5.92 Å². The molecule has 0 bridgehead atoms. The van der Waals surface area contributed by atoms with Crippen molar-refractivity contribution in [3.05, 3.63) is 35.9 Å². The monoisotopic (exact) mass is 248 g/mol. The number of Topliss-reactive ketones (excluding diaryl/α,β-unsaturated/α-hetero) is 1. The van der Waals surface area contributed by atoms with Crippen LogP contribution in [0.1, 0.15) is 44.5 Å². The van der Waals surface area contributed by atoms with Gasteiger partial charge in [-0.3, -0.25) is 9.59 Å². The van der Waals surface area contributed by atoms with Crippen molar-refractivity contribution in [3.8, 4) is 0 Å². The lowest BCUT2D eigenvalue weighted by Gasteiger charge is -2.25. The van der Waals surface area contributed by atoms with E-state index in [4.69, 9.17) is 4.74 Å². The van der Waals surface area contributed by atoms with Crippen molar-refractivity contribution in [2.24, 2.45) is 5.92 Å². The molecule has 0 N–H and O–H groups in total. The van der Waals surface area contributed by atoms with Gasteiger partial charge in [0.1, 0.15) is 0 Å². The highest BCUT2D eigenvalue weighted by molar-refractivity contribution is 6.02. The molecule has 1 rings (SSSR count). The van der Waals surface area contributed by atoms with Crippen LogP contribution in [0.15, 0.2) is 30.3 Å². The molecule has 0 heterocycles. The summed E-state index contributed by atoms with van der Waals surface area (Å²) >= 11 is 0. The number of hydrogen-bond donors (Lipinski definition) is 0. The average Bonchev–Trinajstić information content (AvgIpc) is 2.37. The van der Waals surface area contributed by atoms with E-state index in [1.54, 1.807) is 45.0 Å². The van der Waals surface area contributed by atoms with Gasteiger partial charge in [0, 0.05) is 5.56 Å². The van der Waals surface area contributed by atoms with Crippen molar-refractivity contribution in [2.45, 2.75) is 39.7 Å². The molecule has 1 unspecified atom stereocenters. The number of ketones is 1. The van der Waals surface area contributed by atoms with Crippen molar-refractivity contribution in [1.82, 2.24) is 0 Å². The lowest BCUT2D eigenvalue weighted by molar-refractivity contribution is -0.157. The first kappa shape index (κ1) is 14.4. The molecule has 0 aliphatic rings. The van der Waals surface area contributed by atoms with Crippen LogP contribution in [-0.4, -0.2) is 17.4 Å². The second kappa shape index (κ2) is 5.80. The predicted octanol–water partition coefficient (Wildman–Crippen LogP) is 3.24. The Morgan fingerprint density at radius 1 is 1.22 bits per heavy atom. The number of benzene rings is 1. The first-order valence-electron chi connectivity index (χ1n) is 6.21. The Hall–Kier alpha value is -1.64. The first-order chi connectivity index (χ1) is 8.38. The normalized spacial score (nSPS) is 12.9. The summed E-state index contributed by atoms with van der Waals surface area (Å²) in [6, 6.07) is 8.87. The van der Waals surface area contributed by atoms with Crippen molar-refractivity contribution < 1.29 is 14.3 Å². The lowest BCUT2D eigenvalue weighted by atomic mass is 9.96. The van der Waals surface area contributed by atoms with Crippen molar-refractivity contribution in [1.29, 1.82) is 0 Å². The van der Waals surface area contributed by atoms with Gasteiger partial charge in [-0.2, -0.15) is 0 Å². The van der Waals surface area contributed by atoms with Gasteiger partial charge in [0.25, 0.3) is 0 Å². The smallest absolute Gasteiger partial charge is 0.309 e. The van der Waals surface area contributed by atoms with Gasteiger partial charge in [-0.05, 0) is 20.3 Å². The fourth-order valence-corrected chi connectivity index (χ4v) is 1.50. The Morgan fingerprint density at radius 3 is 2.28 bits per heavy atom. The van der Waals surface area contributed by atoms with Crippen LogP contribution in [0.25, 0.3) is 0 Å². The van der Waals surface area contributed by atoms with Crippen LogP contribution in [-0.2, 0) is 9.53 Å². The predicted molar refractivity (Wildman–Crippen MR) is 70.4 cm³/mol. The maximum atomic E-state index is 12.2. The summed E-state index contributed by atoms with van der Waals surface area (Å²) in [5.74, 6) is -0.695. The number of esters is 1. The Labute approximate surface area is 108 Å². The Morgan fingerprint density at radius 2 is 1.78 bits per heavy atom. The Balaban J connectivity index is 2.81. The van der Waals surface area contributed by atoms with E-state index in [0.717, 1.165) is 0 Å². The Kier molecular flexibility index (Phi) is 4.65. The number of rotatable bonds is 5. The topological polar surface area (TPSA) is 43.4 Å². The van der Waals surface area contributed by atoms with Crippen LogP contribution in [0.5, 0.6) is 0 Å². The SMILES string of the molecule is CCC(C)C(=O)OC(C)(C)C(=O)c1ccccc1. The van der Waals surface area contributed by atoms with E-state index in [-0.39, 0.29) is 17.7 Å². The second-order valence-corrected chi connectivity index (χ2v) is 4.94.